The lowest BCUT2D eigenvalue weighted by Crippen LogP contribution is -2.53. The maximum Gasteiger partial charge on any atom is 0.228 e. The Hall–Kier alpha value is -0.610. The van der Waals surface area contributed by atoms with Crippen LogP contribution in [-0.4, -0.2) is 43.2 Å². The van der Waals surface area contributed by atoms with E-state index in [4.69, 9.17) is 10.5 Å². The number of carbonyl (C=O) groups excluding carboxylic acids is 1. The maximum absolute atomic E-state index is 12.5. The third kappa shape index (κ3) is 2.80. The van der Waals surface area contributed by atoms with Crippen LogP contribution in [0.2, 0.25) is 0 Å². The average molecular weight is 240 g/mol. The van der Waals surface area contributed by atoms with Crippen LogP contribution in [0.25, 0.3) is 0 Å². The van der Waals surface area contributed by atoms with Crippen molar-refractivity contribution in [1.29, 1.82) is 0 Å². The van der Waals surface area contributed by atoms with Gasteiger partial charge in [0.1, 0.15) is 0 Å². The largest absolute Gasteiger partial charge is 0.381 e. The summed E-state index contributed by atoms with van der Waals surface area (Å²) in [5.74, 6) is 0.872. The van der Waals surface area contributed by atoms with Crippen LogP contribution < -0.4 is 5.73 Å². The number of ether oxygens (including phenoxy) is 1. The zero-order valence-electron chi connectivity index (χ0n) is 10.7. The molecule has 2 heterocycles. The fraction of sp³-hybridized carbons (Fsp3) is 0.923. The van der Waals surface area contributed by atoms with Crippen LogP contribution in [0.4, 0.5) is 0 Å². The number of likely N-dealkylation sites (tertiary alicyclic amines) is 1. The molecule has 0 spiro atoms. The predicted molar refractivity (Wildman–Crippen MR) is 66.5 cm³/mol. The Labute approximate surface area is 103 Å². The van der Waals surface area contributed by atoms with Gasteiger partial charge in [-0.3, -0.25) is 4.79 Å². The standard InChI is InChI=1S/C13H24N2O2/c1-10-4-2-6-15(12(10)8-14)13(16)11-5-3-7-17-9-11/h10-12H,2-9,14H2,1H3/t10-,11+,12-/m1/s1. The molecule has 2 rings (SSSR count). The van der Waals surface area contributed by atoms with Crippen LogP contribution in [0.5, 0.6) is 0 Å². The van der Waals surface area contributed by atoms with Crippen molar-refractivity contribution in [3.05, 3.63) is 0 Å². The Morgan fingerprint density at radius 3 is 2.88 bits per heavy atom. The van der Waals surface area contributed by atoms with E-state index in [1.165, 1.54) is 6.42 Å². The number of rotatable bonds is 2. The summed E-state index contributed by atoms with van der Waals surface area (Å²) in [6.45, 7) is 5.07. The van der Waals surface area contributed by atoms with Gasteiger partial charge in [-0.2, -0.15) is 0 Å². The van der Waals surface area contributed by atoms with E-state index in [1.54, 1.807) is 0 Å². The van der Waals surface area contributed by atoms with Crippen LogP contribution in [0.1, 0.15) is 32.6 Å². The number of hydrogen-bond acceptors (Lipinski definition) is 3. The van der Waals surface area contributed by atoms with Gasteiger partial charge in [0.2, 0.25) is 5.91 Å². The van der Waals surface area contributed by atoms with Gasteiger partial charge in [-0.1, -0.05) is 6.92 Å². The molecule has 3 atom stereocenters. The molecule has 2 aliphatic rings. The summed E-state index contributed by atoms with van der Waals surface area (Å²) in [4.78, 5) is 14.5. The molecular formula is C13H24N2O2. The second-order valence-electron chi connectivity index (χ2n) is 5.37. The van der Waals surface area contributed by atoms with E-state index in [9.17, 15) is 4.79 Å². The number of piperidine rings is 1. The lowest BCUT2D eigenvalue weighted by molar-refractivity contribution is -0.144. The molecule has 4 heteroatoms. The Bertz CT molecular complexity index is 264. The van der Waals surface area contributed by atoms with Gasteiger partial charge in [-0.05, 0) is 31.6 Å². The first-order valence-corrected chi connectivity index (χ1v) is 6.82. The van der Waals surface area contributed by atoms with E-state index < -0.39 is 0 Å². The summed E-state index contributed by atoms with van der Waals surface area (Å²) >= 11 is 0. The van der Waals surface area contributed by atoms with Crippen molar-refractivity contribution in [3.8, 4) is 0 Å². The molecule has 1 amide bonds. The van der Waals surface area contributed by atoms with Crippen LogP contribution in [0.15, 0.2) is 0 Å². The van der Waals surface area contributed by atoms with Gasteiger partial charge < -0.3 is 15.4 Å². The molecule has 0 radical (unpaired) electrons. The smallest absolute Gasteiger partial charge is 0.228 e. The number of nitrogens with zero attached hydrogens (tertiary/aromatic N) is 1. The Balaban J connectivity index is 2.00. The molecule has 0 aliphatic carbocycles. The topological polar surface area (TPSA) is 55.6 Å². The highest BCUT2D eigenvalue weighted by Crippen LogP contribution is 2.26. The number of carbonyl (C=O) groups is 1. The van der Waals surface area contributed by atoms with Crippen molar-refractivity contribution >= 4 is 5.91 Å². The molecule has 2 saturated heterocycles. The van der Waals surface area contributed by atoms with Gasteiger partial charge >= 0.3 is 0 Å². The van der Waals surface area contributed by atoms with E-state index in [0.29, 0.717) is 19.1 Å². The fourth-order valence-electron chi connectivity index (χ4n) is 3.05. The van der Waals surface area contributed by atoms with Crippen molar-refractivity contribution in [2.75, 3.05) is 26.3 Å². The van der Waals surface area contributed by atoms with Gasteiger partial charge in [-0.25, -0.2) is 0 Å². The Morgan fingerprint density at radius 1 is 1.41 bits per heavy atom. The molecule has 0 unspecified atom stereocenters. The molecule has 2 N–H and O–H groups in total. The maximum atomic E-state index is 12.5. The van der Waals surface area contributed by atoms with Crippen molar-refractivity contribution in [1.82, 2.24) is 4.90 Å². The minimum absolute atomic E-state index is 0.0723. The summed E-state index contributed by atoms with van der Waals surface area (Å²) in [5.41, 5.74) is 5.83. The van der Waals surface area contributed by atoms with E-state index in [1.807, 2.05) is 4.90 Å². The summed E-state index contributed by atoms with van der Waals surface area (Å²) in [7, 11) is 0. The second-order valence-corrected chi connectivity index (χ2v) is 5.37. The Morgan fingerprint density at radius 2 is 2.24 bits per heavy atom. The minimum atomic E-state index is 0.0723. The molecule has 4 nitrogen and oxygen atoms in total. The highest BCUT2D eigenvalue weighted by molar-refractivity contribution is 5.79. The predicted octanol–water partition coefficient (Wildman–Crippen LogP) is 0.999. The summed E-state index contributed by atoms with van der Waals surface area (Å²) in [6.07, 6.45) is 4.28. The van der Waals surface area contributed by atoms with Gasteiger partial charge in [0.25, 0.3) is 0 Å². The van der Waals surface area contributed by atoms with Crippen molar-refractivity contribution in [2.45, 2.75) is 38.6 Å². The fourth-order valence-corrected chi connectivity index (χ4v) is 3.05. The van der Waals surface area contributed by atoms with E-state index in [-0.39, 0.29) is 17.9 Å². The second kappa shape index (κ2) is 5.83. The van der Waals surface area contributed by atoms with Gasteiger partial charge in [0.05, 0.1) is 12.5 Å². The molecule has 0 saturated carbocycles. The first-order valence-electron chi connectivity index (χ1n) is 6.82. The normalized spacial score (nSPS) is 34.7. The monoisotopic (exact) mass is 240 g/mol. The third-order valence-corrected chi connectivity index (χ3v) is 4.15. The van der Waals surface area contributed by atoms with Gasteiger partial charge in [0.15, 0.2) is 0 Å². The molecule has 0 bridgehead atoms. The quantitative estimate of drug-likeness (QED) is 0.783. The zero-order valence-corrected chi connectivity index (χ0v) is 10.7. The molecule has 98 valence electrons. The first kappa shape index (κ1) is 12.8. The summed E-state index contributed by atoms with van der Waals surface area (Å²) < 4.78 is 5.41. The molecule has 2 aliphatic heterocycles. The lowest BCUT2D eigenvalue weighted by atomic mass is 9.89. The lowest BCUT2D eigenvalue weighted by Gasteiger charge is -2.41. The highest BCUT2D eigenvalue weighted by atomic mass is 16.5. The number of amides is 1. The molecule has 17 heavy (non-hydrogen) atoms. The Kier molecular flexibility index (Phi) is 4.40. The average Bonchev–Trinajstić information content (AvgIpc) is 2.38. The van der Waals surface area contributed by atoms with Crippen LogP contribution in [0, 0.1) is 11.8 Å². The van der Waals surface area contributed by atoms with Crippen LogP contribution in [-0.2, 0) is 9.53 Å². The van der Waals surface area contributed by atoms with E-state index >= 15 is 0 Å². The molecule has 2 fully saturated rings. The molecular weight excluding hydrogens is 216 g/mol. The van der Waals surface area contributed by atoms with Crippen LogP contribution in [0.3, 0.4) is 0 Å². The van der Waals surface area contributed by atoms with Crippen molar-refractivity contribution < 1.29 is 9.53 Å². The van der Waals surface area contributed by atoms with Crippen molar-refractivity contribution in [2.24, 2.45) is 17.6 Å². The number of hydrogen-bond donors (Lipinski definition) is 1. The molecule has 0 aromatic rings. The molecule has 0 aromatic carbocycles. The minimum Gasteiger partial charge on any atom is -0.381 e. The van der Waals surface area contributed by atoms with E-state index in [2.05, 4.69) is 6.92 Å². The summed E-state index contributed by atoms with van der Waals surface area (Å²) in [6, 6.07) is 0.234. The third-order valence-electron chi connectivity index (χ3n) is 4.15. The van der Waals surface area contributed by atoms with E-state index in [0.717, 1.165) is 32.4 Å². The van der Waals surface area contributed by atoms with Crippen LogP contribution >= 0.6 is 0 Å². The van der Waals surface area contributed by atoms with Gasteiger partial charge in [-0.15, -0.1) is 0 Å². The SMILES string of the molecule is C[C@@H]1CCCN(C(=O)[C@H]2CCCOC2)[C@@H]1CN. The first-order chi connectivity index (χ1) is 8.24. The zero-order chi connectivity index (χ0) is 12.3. The molecule has 0 aromatic heterocycles. The van der Waals surface area contributed by atoms with Gasteiger partial charge in [0, 0.05) is 25.7 Å². The van der Waals surface area contributed by atoms with Crippen molar-refractivity contribution in [3.63, 3.8) is 0 Å². The number of nitrogens with two attached hydrogens (primary N) is 1. The highest BCUT2D eigenvalue weighted by Gasteiger charge is 2.34. The summed E-state index contributed by atoms with van der Waals surface area (Å²) in [5, 5.41) is 0.